The zero-order valence-electron chi connectivity index (χ0n) is 10.7. The van der Waals surface area contributed by atoms with Crippen LogP contribution in [0.4, 0.5) is 0 Å². The number of Topliss-reactive ketones (excluding diaryl/α,β-unsaturated/α-hetero) is 1. The summed E-state index contributed by atoms with van der Waals surface area (Å²) in [5.41, 5.74) is 0. The fourth-order valence-electron chi connectivity index (χ4n) is 2.28. The molecule has 0 N–H and O–H groups in total. The fourth-order valence-corrected chi connectivity index (χ4v) is 4.29. The van der Waals surface area contributed by atoms with Crippen molar-refractivity contribution in [2.24, 2.45) is 0 Å². The van der Waals surface area contributed by atoms with Crippen molar-refractivity contribution in [3.05, 3.63) is 28.7 Å². The van der Waals surface area contributed by atoms with Gasteiger partial charge in [0.05, 0.1) is 4.90 Å². The summed E-state index contributed by atoms with van der Waals surface area (Å²) in [5, 5.41) is 0. The van der Waals surface area contributed by atoms with Crippen molar-refractivity contribution in [1.82, 2.24) is 4.31 Å². The third-order valence-electron chi connectivity index (χ3n) is 3.50. The van der Waals surface area contributed by atoms with E-state index in [2.05, 4.69) is 15.9 Å². The van der Waals surface area contributed by atoms with Gasteiger partial charge < -0.3 is 0 Å². The first-order chi connectivity index (χ1) is 8.91. The lowest BCUT2D eigenvalue weighted by atomic mass is 9.95. The minimum absolute atomic E-state index is 0.0818. The number of carbonyl (C=O) groups excluding carboxylic acids is 1. The van der Waals surface area contributed by atoms with Gasteiger partial charge in [-0.3, -0.25) is 4.79 Å². The molecule has 0 bridgehead atoms. The van der Waals surface area contributed by atoms with Crippen LogP contribution in [0.5, 0.6) is 0 Å². The van der Waals surface area contributed by atoms with Gasteiger partial charge in [0.1, 0.15) is 5.78 Å². The van der Waals surface area contributed by atoms with Crippen molar-refractivity contribution in [3.8, 4) is 0 Å². The summed E-state index contributed by atoms with van der Waals surface area (Å²) in [6.45, 7) is 0. The minimum atomic E-state index is -3.49. The van der Waals surface area contributed by atoms with Crippen LogP contribution in [0, 0.1) is 0 Å². The molecular formula is C13H16BrNO3S. The van der Waals surface area contributed by atoms with Gasteiger partial charge in [-0.25, -0.2) is 8.42 Å². The molecule has 1 aromatic rings. The standard InChI is InChI=1S/C13H16BrNO3S/c1-15(11-5-7-12(16)8-6-11)19(17,18)13-4-2-3-10(14)9-13/h2-4,9,11H,5-8H2,1H3. The number of halogens is 1. The molecule has 1 aromatic carbocycles. The monoisotopic (exact) mass is 345 g/mol. The molecule has 0 unspecified atom stereocenters. The van der Waals surface area contributed by atoms with Crippen molar-refractivity contribution < 1.29 is 13.2 Å². The number of hydrogen-bond acceptors (Lipinski definition) is 3. The number of hydrogen-bond donors (Lipinski definition) is 0. The topological polar surface area (TPSA) is 54.5 Å². The van der Waals surface area contributed by atoms with Gasteiger partial charge in [-0.1, -0.05) is 22.0 Å². The van der Waals surface area contributed by atoms with Crippen LogP contribution in [0.25, 0.3) is 0 Å². The molecule has 19 heavy (non-hydrogen) atoms. The molecule has 0 radical (unpaired) electrons. The first kappa shape index (κ1) is 14.7. The molecule has 6 heteroatoms. The molecule has 0 amide bonds. The maximum absolute atomic E-state index is 12.5. The quantitative estimate of drug-likeness (QED) is 0.845. The van der Waals surface area contributed by atoms with E-state index in [9.17, 15) is 13.2 Å². The van der Waals surface area contributed by atoms with Crippen LogP contribution in [-0.4, -0.2) is 31.6 Å². The van der Waals surface area contributed by atoms with Crippen molar-refractivity contribution in [2.45, 2.75) is 36.6 Å². The fraction of sp³-hybridized carbons (Fsp3) is 0.462. The second kappa shape index (κ2) is 5.73. The largest absolute Gasteiger partial charge is 0.300 e. The second-order valence-corrected chi connectivity index (χ2v) is 7.66. The van der Waals surface area contributed by atoms with E-state index < -0.39 is 10.0 Å². The lowest BCUT2D eigenvalue weighted by molar-refractivity contribution is -0.120. The molecule has 2 rings (SSSR count). The van der Waals surface area contributed by atoms with E-state index in [1.54, 1.807) is 31.3 Å². The van der Waals surface area contributed by atoms with Gasteiger partial charge in [0, 0.05) is 30.4 Å². The lowest BCUT2D eigenvalue weighted by Crippen LogP contribution is -2.39. The van der Waals surface area contributed by atoms with Gasteiger partial charge in [0.2, 0.25) is 10.0 Å². The van der Waals surface area contributed by atoms with Crippen molar-refractivity contribution in [2.75, 3.05) is 7.05 Å². The number of nitrogens with zero attached hydrogens (tertiary/aromatic N) is 1. The SMILES string of the molecule is CN(C1CCC(=O)CC1)S(=O)(=O)c1cccc(Br)c1. The highest BCUT2D eigenvalue weighted by atomic mass is 79.9. The van der Waals surface area contributed by atoms with Gasteiger partial charge in [0.15, 0.2) is 0 Å². The minimum Gasteiger partial charge on any atom is -0.300 e. The van der Waals surface area contributed by atoms with Crippen LogP contribution < -0.4 is 0 Å². The van der Waals surface area contributed by atoms with Gasteiger partial charge in [-0.15, -0.1) is 0 Å². The molecular weight excluding hydrogens is 330 g/mol. The highest BCUT2D eigenvalue weighted by molar-refractivity contribution is 9.10. The molecule has 1 aliphatic carbocycles. The van der Waals surface area contributed by atoms with Crippen LogP contribution in [0.3, 0.4) is 0 Å². The van der Waals surface area contributed by atoms with E-state index in [0.29, 0.717) is 25.7 Å². The van der Waals surface area contributed by atoms with E-state index in [0.717, 1.165) is 4.47 Å². The van der Waals surface area contributed by atoms with Crippen LogP contribution >= 0.6 is 15.9 Å². The molecule has 1 aliphatic rings. The summed E-state index contributed by atoms with van der Waals surface area (Å²) in [6.07, 6.45) is 2.18. The Bertz CT molecular complexity index is 575. The Labute approximate surface area is 122 Å². The Morgan fingerprint density at radius 2 is 1.89 bits per heavy atom. The predicted octanol–water partition coefficient (Wildman–Crippen LogP) is 2.58. The van der Waals surface area contributed by atoms with E-state index in [1.165, 1.54) is 4.31 Å². The highest BCUT2D eigenvalue weighted by Crippen LogP contribution is 2.26. The normalized spacial score (nSPS) is 17.9. The van der Waals surface area contributed by atoms with Gasteiger partial charge in [-0.05, 0) is 31.0 Å². The third kappa shape index (κ3) is 3.24. The third-order valence-corrected chi connectivity index (χ3v) is 5.90. The Hall–Kier alpha value is -0.720. The smallest absolute Gasteiger partial charge is 0.243 e. The summed E-state index contributed by atoms with van der Waals surface area (Å²) in [5.74, 6) is 0.226. The molecule has 0 heterocycles. The Morgan fingerprint density at radius 3 is 2.47 bits per heavy atom. The summed E-state index contributed by atoms with van der Waals surface area (Å²) in [7, 11) is -1.89. The molecule has 0 atom stereocenters. The Kier molecular flexibility index (Phi) is 4.43. The van der Waals surface area contributed by atoms with Crippen LogP contribution in [0.2, 0.25) is 0 Å². The molecule has 0 aliphatic heterocycles. The number of carbonyl (C=O) groups is 1. The average molecular weight is 346 g/mol. The zero-order valence-corrected chi connectivity index (χ0v) is 13.1. The van der Waals surface area contributed by atoms with Gasteiger partial charge >= 0.3 is 0 Å². The number of sulfonamides is 1. The molecule has 0 spiro atoms. The van der Waals surface area contributed by atoms with E-state index in [4.69, 9.17) is 0 Å². The van der Waals surface area contributed by atoms with Crippen molar-refractivity contribution in [1.29, 1.82) is 0 Å². The van der Waals surface area contributed by atoms with Crippen LogP contribution in [0.1, 0.15) is 25.7 Å². The summed E-state index contributed by atoms with van der Waals surface area (Å²) >= 11 is 3.28. The van der Waals surface area contributed by atoms with Crippen LogP contribution in [-0.2, 0) is 14.8 Å². The number of rotatable bonds is 3. The lowest BCUT2D eigenvalue weighted by Gasteiger charge is -2.29. The predicted molar refractivity (Wildman–Crippen MR) is 76.4 cm³/mol. The molecule has 1 fully saturated rings. The molecule has 0 aromatic heterocycles. The second-order valence-electron chi connectivity index (χ2n) is 4.75. The summed E-state index contributed by atoms with van der Waals surface area (Å²) < 4.78 is 27.1. The molecule has 1 saturated carbocycles. The first-order valence-corrected chi connectivity index (χ1v) is 8.40. The van der Waals surface area contributed by atoms with E-state index in [1.807, 2.05) is 0 Å². The van der Waals surface area contributed by atoms with Crippen molar-refractivity contribution in [3.63, 3.8) is 0 Å². The first-order valence-electron chi connectivity index (χ1n) is 6.16. The summed E-state index contributed by atoms with van der Waals surface area (Å²) in [4.78, 5) is 11.5. The molecule has 4 nitrogen and oxygen atoms in total. The Morgan fingerprint density at radius 1 is 1.26 bits per heavy atom. The van der Waals surface area contributed by atoms with Crippen LogP contribution in [0.15, 0.2) is 33.6 Å². The average Bonchev–Trinajstić information content (AvgIpc) is 2.39. The number of benzene rings is 1. The molecule has 0 saturated heterocycles. The zero-order chi connectivity index (χ0) is 14.0. The van der Waals surface area contributed by atoms with E-state index in [-0.39, 0.29) is 16.7 Å². The molecule has 104 valence electrons. The maximum atomic E-state index is 12.5. The maximum Gasteiger partial charge on any atom is 0.243 e. The van der Waals surface area contributed by atoms with Crippen molar-refractivity contribution >= 4 is 31.7 Å². The van der Waals surface area contributed by atoms with Gasteiger partial charge in [0.25, 0.3) is 0 Å². The highest BCUT2D eigenvalue weighted by Gasteiger charge is 2.30. The summed E-state index contributed by atoms with van der Waals surface area (Å²) in [6, 6.07) is 6.60. The van der Waals surface area contributed by atoms with E-state index >= 15 is 0 Å². The Balaban J connectivity index is 2.22. The number of ketones is 1. The van der Waals surface area contributed by atoms with Gasteiger partial charge in [-0.2, -0.15) is 4.31 Å².